The number of carbonyl (C=O) groups is 1. The van der Waals surface area contributed by atoms with Gasteiger partial charge in [0.2, 0.25) is 5.91 Å². The molecular weight excluding hydrogens is 300 g/mol. The van der Waals surface area contributed by atoms with Crippen LogP contribution in [0.15, 0.2) is 12.1 Å². The average molecular weight is 320 g/mol. The van der Waals surface area contributed by atoms with Gasteiger partial charge in [0.15, 0.2) is 0 Å². The standard InChI is InChI=1S/C15H20N4O4/c20-14(18-7-9-23-10-8-18)4-6-17-15-11-3-5-16-12(11)1-2-13(15)19(21)22/h1-2,16-17H,3-10H2. The number of ether oxygens (including phenoxy) is 1. The second kappa shape index (κ2) is 6.82. The maximum Gasteiger partial charge on any atom is 0.292 e. The highest BCUT2D eigenvalue weighted by Gasteiger charge is 2.24. The maximum absolute atomic E-state index is 12.1. The van der Waals surface area contributed by atoms with Gasteiger partial charge in [-0.05, 0) is 12.5 Å². The molecule has 8 nitrogen and oxygen atoms in total. The van der Waals surface area contributed by atoms with Gasteiger partial charge < -0.3 is 20.3 Å². The Morgan fingerprint density at radius 1 is 1.39 bits per heavy atom. The van der Waals surface area contributed by atoms with Crippen LogP contribution in [0.1, 0.15) is 12.0 Å². The topological polar surface area (TPSA) is 96.7 Å². The number of morpholine rings is 1. The summed E-state index contributed by atoms with van der Waals surface area (Å²) in [6.45, 7) is 3.53. The smallest absolute Gasteiger partial charge is 0.292 e. The fourth-order valence-corrected chi connectivity index (χ4v) is 3.00. The van der Waals surface area contributed by atoms with Crippen molar-refractivity contribution < 1.29 is 14.5 Å². The molecule has 1 fully saturated rings. The van der Waals surface area contributed by atoms with Gasteiger partial charge in [-0.1, -0.05) is 0 Å². The van der Waals surface area contributed by atoms with Crippen molar-refractivity contribution in [1.82, 2.24) is 4.90 Å². The zero-order valence-electron chi connectivity index (χ0n) is 12.8. The average Bonchev–Trinajstić information content (AvgIpc) is 3.04. The fraction of sp³-hybridized carbons (Fsp3) is 0.533. The number of nitrogens with one attached hydrogen (secondary N) is 2. The van der Waals surface area contributed by atoms with Gasteiger partial charge in [0.25, 0.3) is 5.69 Å². The van der Waals surface area contributed by atoms with Gasteiger partial charge in [-0.15, -0.1) is 0 Å². The number of fused-ring (bicyclic) bond motifs is 1. The Morgan fingerprint density at radius 3 is 2.91 bits per heavy atom. The van der Waals surface area contributed by atoms with Crippen molar-refractivity contribution in [1.29, 1.82) is 0 Å². The van der Waals surface area contributed by atoms with Crippen molar-refractivity contribution in [2.24, 2.45) is 0 Å². The number of hydrogen-bond donors (Lipinski definition) is 2. The van der Waals surface area contributed by atoms with Gasteiger partial charge in [-0.2, -0.15) is 0 Å². The first-order valence-corrected chi connectivity index (χ1v) is 7.80. The molecule has 0 radical (unpaired) electrons. The Hall–Kier alpha value is -2.35. The molecule has 1 aromatic carbocycles. The van der Waals surface area contributed by atoms with Crippen molar-refractivity contribution in [2.45, 2.75) is 12.8 Å². The van der Waals surface area contributed by atoms with Gasteiger partial charge in [0.1, 0.15) is 5.69 Å². The molecule has 2 N–H and O–H groups in total. The molecule has 1 amide bonds. The van der Waals surface area contributed by atoms with Crippen LogP contribution in [0.3, 0.4) is 0 Å². The van der Waals surface area contributed by atoms with Gasteiger partial charge in [-0.25, -0.2) is 0 Å². The second-order valence-corrected chi connectivity index (χ2v) is 5.59. The Bertz CT molecular complexity index is 614. The lowest BCUT2D eigenvalue weighted by atomic mass is 10.1. The minimum atomic E-state index is -0.384. The predicted molar refractivity (Wildman–Crippen MR) is 85.8 cm³/mol. The number of amides is 1. The molecule has 2 heterocycles. The number of hydrogen-bond acceptors (Lipinski definition) is 6. The lowest BCUT2D eigenvalue weighted by Crippen LogP contribution is -2.41. The molecule has 2 aliphatic rings. The molecule has 0 aromatic heterocycles. The van der Waals surface area contributed by atoms with E-state index in [9.17, 15) is 14.9 Å². The Labute approximate surface area is 133 Å². The zero-order valence-corrected chi connectivity index (χ0v) is 12.8. The van der Waals surface area contributed by atoms with Gasteiger partial charge in [0, 0.05) is 49.9 Å². The quantitative estimate of drug-likeness (QED) is 0.625. The summed E-state index contributed by atoms with van der Waals surface area (Å²) in [6.07, 6.45) is 1.06. The highest BCUT2D eigenvalue weighted by molar-refractivity contribution is 5.79. The minimum absolute atomic E-state index is 0.0501. The van der Waals surface area contributed by atoms with Gasteiger partial charge >= 0.3 is 0 Å². The number of anilines is 2. The molecule has 0 atom stereocenters. The largest absolute Gasteiger partial charge is 0.384 e. The lowest BCUT2D eigenvalue weighted by Gasteiger charge is -2.27. The van der Waals surface area contributed by atoms with Crippen molar-refractivity contribution in [3.63, 3.8) is 0 Å². The Morgan fingerprint density at radius 2 is 2.17 bits per heavy atom. The summed E-state index contributed by atoms with van der Waals surface area (Å²) < 4.78 is 5.22. The molecule has 2 aliphatic heterocycles. The number of benzene rings is 1. The third-order valence-electron chi connectivity index (χ3n) is 4.18. The Kier molecular flexibility index (Phi) is 4.61. The van der Waals surface area contributed by atoms with Crippen LogP contribution >= 0.6 is 0 Å². The fourth-order valence-electron chi connectivity index (χ4n) is 3.00. The predicted octanol–water partition coefficient (Wildman–Crippen LogP) is 1.22. The Balaban J connectivity index is 1.64. The summed E-state index contributed by atoms with van der Waals surface area (Å²) in [5.74, 6) is 0.0501. The first kappa shape index (κ1) is 15.5. The van der Waals surface area contributed by atoms with Crippen LogP contribution < -0.4 is 10.6 Å². The summed E-state index contributed by atoms with van der Waals surface area (Å²) in [5, 5.41) is 17.5. The molecule has 23 heavy (non-hydrogen) atoms. The second-order valence-electron chi connectivity index (χ2n) is 5.59. The van der Waals surface area contributed by atoms with E-state index < -0.39 is 0 Å². The van der Waals surface area contributed by atoms with E-state index in [1.165, 1.54) is 6.07 Å². The zero-order chi connectivity index (χ0) is 16.2. The minimum Gasteiger partial charge on any atom is -0.384 e. The third-order valence-corrected chi connectivity index (χ3v) is 4.18. The number of nitro benzene ring substituents is 1. The molecule has 0 spiro atoms. The first-order valence-electron chi connectivity index (χ1n) is 7.80. The highest BCUT2D eigenvalue weighted by Crippen LogP contribution is 2.36. The van der Waals surface area contributed by atoms with Crippen LogP contribution in [0.4, 0.5) is 17.1 Å². The summed E-state index contributed by atoms with van der Waals surface area (Å²) >= 11 is 0. The first-order chi connectivity index (χ1) is 11.2. The molecular formula is C15H20N4O4. The van der Waals surface area contributed by atoms with E-state index in [0.29, 0.717) is 45.0 Å². The number of nitrogens with zero attached hydrogens (tertiary/aromatic N) is 2. The van der Waals surface area contributed by atoms with Crippen LogP contribution in [0.25, 0.3) is 0 Å². The summed E-state index contributed by atoms with van der Waals surface area (Å²) in [5.41, 5.74) is 2.45. The molecule has 0 saturated carbocycles. The van der Waals surface area contributed by atoms with Crippen molar-refractivity contribution >= 4 is 23.0 Å². The lowest BCUT2D eigenvalue weighted by molar-refractivity contribution is -0.384. The highest BCUT2D eigenvalue weighted by atomic mass is 16.6. The van der Waals surface area contributed by atoms with Gasteiger partial charge in [-0.3, -0.25) is 14.9 Å². The van der Waals surface area contributed by atoms with E-state index >= 15 is 0 Å². The molecule has 124 valence electrons. The molecule has 0 bridgehead atoms. The molecule has 0 unspecified atom stereocenters. The molecule has 8 heteroatoms. The van der Waals surface area contributed by atoms with Crippen molar-refractivity contribution in [2.75, 3.05) is 50.0 Å². The van der Waals surface area contributed by atoms with E-state index in [2.05, 4.69) is 10.6 Å². The third kappa shape index (κ3) is 3.37. The number of rotatable bonds is 5. The van der Waals surface area contributed by atoms with E-state index in [-0.39, 0.29) is 16.5 Å². The van der Waals surface area contributed by atoms with Crippen LogP contribution in [0.2, 0.25) is 0 Å². The SMILES string of the molecule is O=C(CCNc1c([N+](=O)[O-])ccc2c1CCN2)N1CCOCC1. The van der Waals surface area contributed by atoms with Gasteiger partial charge in [0.05, 0.1) is 18.1 Å². The summed E-state index contributed by atoms with van der Waals surface area (Å²) in [4.78, 5) is 24.7. The maximum atomic E-state index is 12.1. The van der Waals surface area contributed by atoms with E-state index in [1.807, 2.05) is 0 Å². The monoisotopic (exact) mass is 320 g/mol. The number of carbonyl (C=O) groups excluding carboxylic acids is 1. The van der Waals surface area contributed by atoms with E-state index in [0.717, 1.165) is 24.2 Å². The van der Waals surface area contributed by atoms with Crippen molar-refractivity contribution in [3.05, 3.63) is 27.8 Å². The van der Waals surface area contributed by atoms with Crippen LogP contribution in [0, 0.1) is 10.1 Å². The normalized spacial score (nSPS) is 16.6. The van der Waals surface area contributed by atoms with Crippen molar-refractivity contribution in [3.8, 4) is 0 Å². The van der Waals surface area contributed by atoms with E-state index in [4.69, 9.17) is 4.74 Å². The molecule has 0 aliphatic carbocycles. The van der Waals surface area contributed by atoms with Crippen LogP contribution in [-0.2, 0) is 16.0 Å². The molecule has 1 saturated heterocycles. The molecule has 1 aromatic rings. The molecule has 3 rings (SSSR count). The van der Waals surface area contributed by atoms with Crippen LogP contribution in [0.5, 0.6) is 0 Å². The van der Waals surface area contributed by atoms with E-state index in [1.54, 1.807) is 11.0 Å². The van der Waals surface area contributed by atoms with Crippen LogP contribution in [-0.4, -0.2) is 55.1 Å². The number of nitro groups is 1. The summed E-state index contributed by atoms with van der Waals surface area (Å²) in [7, 11) is 0. The summed E-state index contributed by atoms with van der Waals surface area (Å²) in [6, 6.07) is 3.24.